The van der Waals surface area contributed by atoms with Crippen molar-refractivity contribution in [2.24, 2.45) is 0 Å². The molecule has 0 saturated carbocycles. The Kier molecular flexibility index (Phi) is 0.759. The van der Waals surface area contributed by atoms with Gasteiger partial charge in [-0.05, 0) is 11.5 Å². The normalized spacial score (nSPS) is 8.67. The molecule has 0 atom stereocenters. The van der Waals surface area contributed by atoms with Crippen molar-refractivity contribution in [3.05, 3.63) is 11.4 Å². The molecule has 3 heteroatoms. The van der Waals surface area contributed by atoms with E-state index < -0.39 is 0 Å². The summed E-state index contributed by atoms with van der Waals surface area (Å²) in [4.78, 5) is 0. The van der Waals surface area contributed by atoms with E-state index in [4.69, 9.17) is 5.11 Å². The van der Waals surface area contributed by atoms with E-state index in [0.29, 0.717) is 0 Å². The Hall–Kier alpha value is -0.570. The highest BCUT2D eigenvalue weighted by atomic mass is 32.1. The summed E-state index contributed by atoms with van der Waals surface area (Å²) in [5.41, 5.74) is 0. The molecular formula is C3H2NOS. The maximum atomic E-state index is 8.34. The topological polar surface area (TPSA) is 33.1 Å². The highest BCUT2D eigenvalue weighted by molar-refractivity contribution is 7.03. The van der Waals surface area contributed by atoms with Crippen molar-refractivity contribution >= 4 is 11.5 Å². The Morgan fingerprint density at radius 3 is 3.00 bits per heavy atom. The van der Waals surface area contributed by atoms with E-state index in [1.165, 1.54) is 6.07 Å². The first-order chi connectivity index (χ1) is 2.89. The van der Waals surface area contributed by atoms with Gasteiger partial charge in [-0.1, -0.05) is 0 Å². The molecule has 1 N–H and O–H groups in total. The molecule has 1 aromatic rings. The molecule has 0 saturated heterocycles. The zero-order chi connectivity index (χ0) is 4.41. The average molecular weight is 100 g/mol. The summed E-state index contributed by atoms with van der Waals surface area (Å²) in [6, 6.07) is 1.42. The van der Waals surface area contributed by atoms with Crippen LogP contribution in [0.1, 0.15) is 0 Å². The molecule has 0 spiro atoms. The van der Waals surface area contributed by atoms with Gasteiger partial charge in [0.2, 0.25) is 5.88 Å². The number of rotatable bonds is 0. The smallest absolute Gasteiger partial charge is 0.223 e. The summed E-state index contributed by atoms with van der Waals surface area (Å²) in [5, 5.41) is 11.0. The SMILES string of the molecule is Oc1c[c]sn1. The van der Waals surface area contributed by atoms with Crippen LogP contribution in [-0.4, -0.2) is 9.48 Å². The lowest BCUT2D eigenvalue weighted by molar-refractivity contribution is 0.460. The Morgan fingerprint density at radius 2 is 2.83 bits per heavy atom. The van der Waals surface area contributed by atoms with Crippen LogP contribution in [0.3, 0.4) is 0 Å². The Morgan fingerprint density at radius 1 is 2.00 bits per heavy atom. The van der Waals surface area contributed by atoms with Gasteiger partial charge in [-0.3, -0.25) is 0 Å². The molecule has 31 valence electrons. The van der Waals surface area contributed by atoms with Crippen molar-refractivity contribution in [3.63, 3.8) is 0 Å². The molecule has 2 nitrogen and oxygen atoms in total. The van der Waals surface area contributed by atoms with Crippen LogP contribution in [-0.2, 0) is 0 Å². The molecule has 0 fully saturated rings. The van der Waals surface area contributed by atoms with Crippen molar-refractivity contribution in [3.8, 4) is 5.88 Å². The summed E-state index contributed by atoms with van der Waals surface area (Å²) in [6.07, 6.45) is 0. The molecule has 1 rings (SSSR count). The van der Waals surface area contributed by atoms with Gasteiger partial charge in [0.25, 0.3) is 0 Å². The van der Waals surface area contributed by atoms with E-state index in [-0.39, 0.29) is 5.88 Å². The third-order valence-corrected chi connectivity index (χ3v) is 0.882. The van der Waals surface area contributed by atoms with Crippen LogP contribution < -0.4 is 0 Å². The molecule has 1 aromatic heterocycles. The largest absolute Gasteiger partial charge is 0.493 e. The van der Waals surface area contributed by atoms with Crippen molar-refractivity contribution in [2.75, 3.05) is 0 Å². The molecule has 6 heavy (non-hydrogen) atoms. The van der Waals surface area contributed by atoms with Crippen LogP contribution in [0.15, 0.2) is 6.07 Å². The van der Waals surface area contributed by atoms with Gasteiger partial charge < -0.3 is 5.11 Å². The van der Waals surface area contributed by atoms with Crippen LogP contribution in [0.5, 0.6) is 5.88 Å². The third-order valence-electron chi connectivity index (χ3n) is 0.380. The highest BCUT2D eigenvalue weighted by Gasteiger charge is 1.80. The van der Waals surface area contributed by atoms with Crippen molar-refractivity contribution in [2.45, 2.75) is 0 Å². The zero-order valence-electron chi connectivity index (χ0n) is 2.88. The Labute approximate surface area is 39.2 Å². The molecular weight excluding hydrogens is 98.1 g/mol. The van der Waals surface area contributed by atoms with Crippen LogP contribution >= 0.6 is 11.5 Å². The van der Waals surface area contributed by atoms with Gasteiger partial charge >= 0.3 is 0 Å². The van der Waals surface area contributed by atoms with E-state index >= 15 is 0 Å². The molecule has 1 radical (unpaired) electrons. The fraction of sp³-hybridized carbons (Fsp3) is 0. The van der Waals surface area contributed by atoms with Crippen LogP contribution in [0.4, 0.5) is 0 Å². The van der Waals surface area contributed by atoms with Crippen LogP contribution in [0.25, 0.3) is 0 Å². The van der Waals surface area contributed by atoms with Gasteiger partial charge in [0.05, 0.1) is 5.38 Å². The second kappa shape index (κ2) is 1.26. The summed E-state index contributed by atoms with van der Waals surface area (Å²) in [6.45, 7) is 0. The average Bonchev–Trinajstić information content (AvgIpc) is 1.86. The maximum Gasteiger partial charge on any atom is 0.223 e. The monoisotopic (exact) mass is 100.0 g/mol. The van der Waals surface area contributed by atoms with Crippen molar-refractivity contribution in [1.29, 1.82) is 0 Å². The first-order valence-corrected chi connectivity index (χ1v) is 2.18. The molecule has 0 aliphatic rings. The quantitative estimate of drug-likeness (QED) is 0.519. The number of hydrogen-bond acceptors (Lipinski definition) is 3. The summed E-state index contributed by atoms with van der Waals surface area (Å²) in [7, 11) is 0. The first kappa shape index (κ1) is 3.61. The molecule has 0 bridgehead atoms. The molecule has 0 amide bonds. The van der Waals surface area contributed by atoms with Gasteiger partial charge in [0.1, 0.15) is 0 Å². The van der Waals surface area contributed by atoms with Gasteiger partial charge in [-0.15, -0.1) is 0 Å². The Balaban J connectivity index is 3.05. The number of hydrogen-bond donors (Lipinski definition) is 1. The fourth-order valence-electron chi connectivity index (χ4n) is 0.179. The summed E-state index contributed by atoms with van der Waals surface area (Å²) >= 11 is 1.11. The highest BCUT2D eigenvalue weighted by Crippen LogP contribution is 2.02. The second-order valence-corrected chi connectivity index (χ2v) is 1.40. The van der Waals surface area contributed by atoms with Gasteiger partial charge in [0.15, 0.2) is 0 Å². The molecule has 0 aromatic carbocycles. The number of aromatic nitrogens is 1. The molecule has 0 unspecified atom stereocenters. The van der Waals surface area contributed by atoms with E-state index in [2.05, 4.69) is 9.75 Å². The van der Waals surface area contributed by atoms with E-state index in [9.17, 15) is 0 Å². The van der Waals surface area contributed by atoms with Crippen molar-refractivity contribution in [1.82, 2.24) is 4.37 Å². The minimum atomic E-state index is 0.0556. The van der Waals surface area contributed by atoms with E-state index in [1.807, 2.05) is 0 Å². The van der Waals surface area contributed by atoms with Gasteiger partial charge in [-0.25, -0.2) is 0 Å². The first-order valence-electron chi connectivity index (χ1n) is 1.41. The van der Waals surface area contributed by atoms with E-state index in [0.717, 1.165) is 11.5 Å². The predicted molar refractivity (Wildman–Crippen MR) is 22.6 cm³/mol. The third kappa shape index (κ3) is 0.490. The summed E-state index contributed by atoms with van der Waals surface area (Å²) in [5.74, 6) is 0.0556. The minimum absolute atomic E-state index is 0.0556. The fourth-order valence-corrected chi connectivity index (χ4v) is 0.536. The lowest BCUT2D eigenvalue weighted by Crippen LogP contribution is -1.49. The standard InChI is InChI=1S/C3H2NOS/c5-3-1-2-6-4-3/h1H,(H,4,5). The number of nitrogens with zero attached hydrogens (tertiary/aromatic N) is 1. The zero-order valence-corrected chi connectivity index (χ0v) is 3.70. The molecule has 0 aliphatic carbocycles. The minimum Gasteiger partial charge on any atom is -0.493 e. The van der Waals surface area contributed by atoms with Gasteiger partial charge in [0, 0.05) is 6.07 Å². The predicted octanol–water partition coefficient (Wildman–Crippen LogP) is 0.649. The molecule has 1 heterocycles. The lowest BCUT2D eigenvalue weighted by Gasteiger charge is -1.66. The van der Waals surface area contributed by atoms with Gasteiger partial charge in [-0.2, -0.15) is 4.37 Å². The van der Waals surface area contributed by atoms with Crippen molar-refractivity contribution < 1.29 is 5.11 Å². The second-order valence-electron chi connectivity index (χ2n) is 0.803. The lowest BCUT2D eigenvalue weighted by atomic mass is 10.7. The molecule has 0 aliphatic heterocycles. The van der Waals surface area contributed by atoms with Crippen LogP contribution in [0.2, 0.25) is 0 Å². The number of aromatic hydroxyl groups is 1. The van der Waals surface area contributed by atoms with Crippen LogP contribution in [0, 0.1) is 5.38 Å². The summed E-state index contributed by atoms with van der Waals surface area (Å²) < 4.78 is 3.46. The Bertz CT molecular complexity index is 114. The van der Waals surface area contributed by atoms with E-state index in [1.54, 1.807) is 0 Å². The maximum absolute atomic E-state index is 8.34.